The van der Waals surface area contributed by atoms with E-state index in [1.165, 1.54) is 0 Å². The molecule has 3 aromatic rings. The Bertz CT molecular complexity index is 660. The fraction of sp³-hybridized carbons (Fsp3) is 0. The normalized spacial score (nSPS) is 11.3. The summed E-state index contributed by atoms with van der Waals surface area (Å²) in [6.45, 7) is 0. The number of imidazole rings is 1. The van der Waals surface area contributed by atoms with E-state index in [2.05, 4.69) is 15.0 Å². The number of H-pyrrole nitrogens is 1. The zero-order valence-electron chi connectivity index (χ0n) is 7.46. The van der Waals surface area contributed by atoms with Gasteiger partial charge in [0.2, 0.25) is 0 Å². The summed E-state index contributed by atoms with van der Waals surface area (Å²) in [5.74, 6) is 0. The molecule has 3 nitrogen and oxygen atoms in total. The van der Waals surface area contributed by atoms with Crippen LogP contribution >= 0.6 is 23.2 Å². The summed E-state index contributed by atoms with van der Waals surface area (Å²) in [7, 11) is 0. The standard InChI is InChI=1S/C10H5Cl2N3/c11-6-3-1-2-5-7(6)15-10(12)9-8(5)13-4-14-9/h1-4H,(H,13,14). The molecular weight excluding hydrogens is 233 g/mol. The lowest BCUT2D eigenvalue weighted by Crippen LogP contribution is -1.84. The summed E-state index contributed by atoms with van der Waals surface area (Å²) in [4.78, 5) is 11.4. The topological polar surface area (TPSA) is 41.6 Å². The smallest absolute Gasteiger partial charge is 0.155 e. The lowest BCUT2D eigenvalue weighted by atomic mass is 10.2. The molecular formula is C10H5Cl2N3. The Morgan fingerprint density at radius 2 is 2.00 bits per heavy atom. The molecule has 5 heteroatoms. The van der Waals surface area contributed by atoms with Gasteiger partial charge in [-0.25, -0.2) is 9.97 Å². The molecule has 0 saturated carbocycles. The van der Waals surface area contributed by atoms with E-state index in [0.717, 1.165) is 16.4 Å². The molecule has 0 fully saturated rings. The number of halogens is 2. The number of hydrogen-bond acceptors (Lipinski definition) is 2. The highest BCUT2D eigenvalue weighted by Gasteiger charge is 2.10. The molecule has 1 N–H and O–H groups in total. The minimum absolute atomic E-state index is 0.392. The second kappa shape index (κ2) is 3.08. The number of nitrogens with one attached hydrogen (secondary N) is 1. The van der Waals surface area contributed by atoms with Gasteiger partial charge in [0, 0.05) is 5.39 Å². The molecule has 2 heterocycles. The predicted molar refractivity (Wildman–Crippen MR) is 61.4 cm³/mol. The van der Waals surface area contributed by atoms with Gasteiger partial charge in [-0.3, -0.25) is 0 Å². The number of aromatic nitrogens is 3. The molecule has 0 bridgehead atoms. The highest BCUT2D eigenvalue weighted by molar-refractivity contribution is 6.38. The largest absolute Gasteiger partial charge is 0.342 e. The maximum Gasteiger partial charge on any atom is 0.155 e. The Balaban J connectivity index is 2.66. The molecule has 1 aromatic carbocycles. The Labute approximate surface area is 95.0 Å². The van der Waals surface area contributed by atoms with Gasteiger partial charge in [0.15, 0.2) is 5.15 Å². The van der Waals surface area contributed by atoms with Crippen LogP contribution in [0, 0.1) is 0 Å². The van der Waals surface area contributed by atoms with Crippen LogP contribution in [-0.2, 0) is 0 Å². The van der Waals surface area contributed by atoms with Gasteiger partial charge in [-0.2, -0.15) is 0 Å². The number of pyridine rings is 1. The van der Waals surface area contributed by atoms with Gasteiger partial charge < -0.3 is 4.98 Å². The van der Waals surface area contributed by atoms with Crippen LogP contribution in [0.4, 0.5) is 0 Å². The van der Waals surface area contributed by atoms with Crippen molar-refractivity contribution in [2.75, 3.05) is 0 Å². The number of nitrogens with zero attached hydrogens (tertiary/aromatic N) is 2. The van der Waals surface area contributed by atoms with Gasteiger partial charge in [-0.15, -0.1) is 0 Å². The van der Waals surface area contributed by atoms with E-state index < -0.39 is 0 Å². The summed E-state index contributed by atoms with van der Waals surface area (Å²) in [5.41, 5.74) is 2.22. The predicted octanol–water partition coefficient (Wildman–Crippen LogP) is 3.42. The van der Waals surface area contributed by atoms with E-state index in [1.54, 1.807) is 12.4 Å². The summed E-state index contributed by atoms with van der Waals surface area (Å²) in [6, 6.07) is 5.58. The van der Waals surface area contributed by atoms with E-state index >= 15 is 0 Å². The molecule has 0 saturated heterocycles. The molecule has 0 aliphatic rings. The average molecular weight is 238 g/mol. The summed E-state index contributed by atoms with van der Waals surface area (Å²) in [5, 5.41) is 1.88. The quantitative estimate of drug-likeness (QED) is 0.609. The zero-order chi connectivity index (χ0) is 10.4. The summed E-state index contributed by atoms with van der Waals surface area (Å²) >= 11 is 12.0. The molecule has 3 rings (SSSR count). The lowest BCUT2D eigenvalue weighted by molar-refractivity contribution is 1.34. The van der Waals surface area contributed by atoms with E-state index in [-0.39, 0.29) is 0 Å². The second-order valence-electron chi connectivity index (χ2n) is 3.16. The van der Waals surface area contributed by atoms with Crippen molar-refractivity contribution >= 4 is 45.1 Å². The lowest BCUT2D eigenvalue weighted by Gasteiger charge is -2.01. The molecule has 0 aliphatic heterocycles. The molecule has 2 aromatic heterocycles. The molecule has 0 aliphatic carbocycles. The molecule has 74 valence electrons. The van der Waals surface area contributed by atoms with Crippen LogP contribution in [0.2, 0.25) is 10.2 Å². The van der Waals surface area contributed by atoms with Gasteiger partial charge >= 0.3 is 0 Å². The minimum atomic E-state index is 0.392. The third-order valence-corrected chi connectivity index (χ3v) is 2.88. The van der Waals surface area contributed by atoms with Crippen LogP contribution < -0.4 is 0 Å². The van der Waals surface area contributed by atoms with E-state index in [0.29, 0.717) is 15.7 Å². The maximum absolute atomic E-state index is 6.04. The van der Waals surface area contributed by atoms with Crippen molar-refractivity contribution in [3.63, 3.8) is 0 Å². The first-order valence-electron chi connectivity index (χ1n) is 4.34. The van der Waals surface area contributed by atoms with Crippen LogP contribution in [-0.4, -0.2) is 15.0 Å². The number of aromatic amines is 1. The third-order valence-electron chi connectivity index (χ3n) is 2.30. The van der Waals surface area contributed by atoms with Crippen LogP contribution in [0.1, 0.15) is 0 Å². The van der Waals surface area contributed by atoms with E-state index in [4.69, 9.17) is 23.2 Å². The Morgan fingerprint density at radius 3 is 2.87 bits per heavy atom. The Hall–Kier alpha value is -1.32. The average Bonchev–Trinajstić information content (AvgIpc) is 2.69. The first kappa shape index (κ1) is 8.95. The van der Waals surface area contributed by atoms with Gasteiger partial charge in [-0.1, -0.05) is 35.3 Å². The second-order valence-corrected chi connectivity index (χ2v) is 3.93. The van der Waals surface area contributed by atoms with Gasteiger partial charge in [0.05, 0.1) is 16.9 Å². The molecule has 0 spiro atoms. The van der Waals surface area contributed by atoms with Crippen molar-refractivity contribution in [2.45, 2.75) is 0 Å². The van der Waals surface area contributed by atoms with Crippen molar-refractivity contribution in [1.82, 2.24) is 15.0 Å². The number of rotatable bonds is 0. The molecule has 0 unspecified atom stereocenters. The SMILES string of the molecule is Clc1cccc2c1nc(Cl)c1[nH]cnc12. The monoisotopic (exact) mass is 237 g/mol. The van der Waals surface area contributed by atoms with E-state index in [9.17, 15) is 0 Å². The number of para-hydroxylation sites is 1. The van der Waals surface area contributed by atoms with Gasteiger partial charge in [-0.05, 0) is 6.07 Å². The zero-order valence-corrected chi connectivity index (χ0v) is 8.97. The number of hydrogen-bond donors (Lipinski definition) is 1. The van der Waals surface area contributed by atoms with Gasteiger partial charge in [0.25, 0.3) is 0 Å². The summed E-state index contributed by atoms with van der Waals surface area (Å²) < 4.78 is 0. The summed E-state index contributed by atoms with van der Waals surface area (Å²) in [6.07, 6.45) is 1.60. The first-order valence-corrected chi connectivity index (χ1v) is 5.10. The van der Waals surface area contributed by atoms with Crippen LogP contribution in [0.15, 0.2) is 24.5 Å². The Kier molecular flexibility index (Phi) is 1.84. The third kappa shape index (κ3) is 1.20. The first-order chi connectivity index (χ1) is 7.27. The van der Waals surface area contributed by atoms with Crippen LogP contribution in [0.5, 0.6) is 0 Å². The fourth-order valence-corrected chi connectivity index (χ4v) is 2.08. The molecule has 0 amide bonds. The molecule has 0 radical (unpaired) electrons. The van der Waals surface area contributed by atoms with Gasteiger partial charge in [0.1, 0.15) is 11.0 Å². The van der Waals surface area contributed by atoms with Crippen molar-refractivity contribution < 1.29 is 0 Å². The van der Waals surface area contributed by atoms with E-state index in [1.807, 2.05) is 12.1 Å². The van der Waals surface area contributed by atoms with Crippen molar-refractivity contribution in [3.05, 3.63) is 34.7 Å². The minimum Gasteiger partial charge on any atom is -0.342 e. The van der Waals surface area contributed by atoms with Crippen LogP contribution in [0.3, 0.4) is 0 Å². The highest BCUT2D eigenvalue weighted by Crippen LogP contribution is 2.30. The highest BCUT2D eigenvalue weighted by atomic mass is 35.5. The number of fused-ring (bicyclic) bond motifs is 3. The van der Waals surface area contributed by atoms with Crippen molar-refractivity contribution in [3.8, 4) is 0 Å². The van der Waals surface area contributed by atoms with Crippen molar-refractivity contribution in [1.29, 1.82) is 0 Å². The fourth-order valence-electron chi connectivity index (χ4n) is 1.63. The van der Waals surface area contributed by atoms with Crippen LogP contribution in [0.25, 0.3) is 21.9 Å². The number of benzene rings is 1. The molecule has 15 heavy (non-hydrogen) atoms. The Morgan fingerprint density at radius 1 is 1.13 bits per heavy atom. The van der Waals surface area contributed by atoms with Crippen molar-refractivity contribution in [2.24, 2.45) is 0 Å². The maximum atomic E-state index is 6.04. The molecule has 0 atom stereocenters.